The lowest BCUT2D eigenvalue weighted by atomic mass is 10.0. The highest BCUT2D eigenvalue weighted by molar-refractivity contribution is 5.76. The van der Waals surface area contributed by atoms with Crippen LogP contribution in [0.15, 0.2) is 12.2 Å². The Hall–Kier alpha value is -0.910. The highest BCUT2D eigenvalue weighted by Gasteiger charge is 2.26. The summed E-state index contributed by atoms with van der Waals surface area (Å²) < 4.78 is 0. The third-order valence-corrected chi connectivity index (χ3v) is 14.9. The van der Waals surface area contributed by atoms with Crippen molar-refractivity contribution in [2.45, 2.75) is 372 Å². The fourth-order valence-electron chi connectivity index (χ4n) is 10.1. The Kier molecular flexibility index (Phi) is 56.9. The molecule has 0 saturated carbocycles. The van der Waals surface area contributed by atoms with Crippen molar-refractivity contribution < 1.29 is 20.1 Å². The van der Waals surface area contributed by atoms with E-state index in [4.69, 9.17) is 0 Å². The predicted molar refractivity (Wildman–Crippen MR) is 296 cm³/mol. The van der Waals surface area contributed by atoms with Crippen molar-refractivity contribution in [3.8, 4) is 0 Å². The van der Waals surface area contributed by atoms with Crippen LogP contribution in [0.1, 0.15) is 354 Å². The van der Waals surface area contributed by atoms with E-state index in [0.29, 0.717) is 12.8 Å². The highest BCUT2D eigenvalue weighted by Crippen LogP contribution is 2.19. The van der Waals surface area contributed by atoms with E-state index >= 15 is 0 Å². The molecule has 0 saturated heterocycles. The molecule has 1 amide bonds. The van der Waals surface area contributed by atoms with Gasteiger partial charge >= 0.3 is 0 Å². The highest BCUT2D eigenvalue weighted by atomic mass is 16.3. The van der Waals surface area contributed by atoms with Gasteiger partial charge in [0.2, 0.25) is 5.91 Å². The second kappa shape index (κ2) is 57.7. The largest absolute Gasteiger partial charge is 0.394 e. The fraction of sp³-hybridized carbons (Fsp3) is 0.952. The maximum absolute atomic E-state index is 12.5. The van der Waals surface area contributed by atoms with Gasteiger partial charge in [0.25, 0.3) is 0 Å². The zero-order valence-electron chi connectivity index (χ0n) is 45.8. The van der Waals surface area contributed by atoms with Gasteiger partial charge in [-0.25, -0.2) is 0 Å². The summed E-state index contributed by atoms with van der Waals surface area (Å²) in [7, 11) is 0. The second-order valence-corrected chi connectivity index (χ2v) is 21.6. The molecular formula is C62H123NO4. The molecule has 400 valence electrons. The number of amides is 1. The van der Waals surface area contributed by atoms with Gasteiger partial charge in [-0.3, -0.25) is 4.79 Å². The summed E-state index contributed by atoms with van der Waals surface area (Å²) in [6.07, 6.45) is 72.8. The first-order chi connectivity index (χ1) is 33.1. The van der Waals surface area contributed by atoms with Crippen molar-refractivity contribution in [1.82, 2.24) is 5.32 Å². The summed E-state index contributed by atoms with van der Waals surface area (Å²) in [4.78, 5) is 12.5. The summed E-state index contributed by atoms with van der Waals surface area (Å²) in [5.41, 5.74) is 0. The number of aliphatic hydroxyl groups is 3. The lowest BCUT2D eigenvalue weighted by Gasteiger charge is -2.26. The standard InChI is InChI=1S/C62H123NO4/c1-3-5-7-9-11-13-15-17-19-20-21-22-23-24-25-26-27-28-29-30-31-32-33-34-35-36-37-38-39-40-41-42-43-45-47-49-51-53-55-57-61(66)63-59(58-64)62(67)60(65)56-54-52-50-48-46-44-18-16-14-12-10-8-6-4-2/h48,50,59-60,62,64-65,67H,3-47,49,51-58H2,1-2H3,(H,63,66)/b50-48+. The lowest BCUT2D eigenvalue weighted by molar-refractivity contribution is -0.124. The number of hydrogen-bond acceptors (Lipinski definition) is 4. The molecule has 0 rings (SSSR count). The average molecular weight is 947 g/mol. The maximum atomic E-state index is 12.5. The van der Waals surface area contributed by atoms with Crippen LogP contribution >= 0.6 is 0 Å². The summed E-state index contributed by atoms with van der Waals surface area (Å²) in [6, 6.07) is -0.822. The normalized spacial score (nSPS) is 13.2. The maximum Gasteiger partial charge on any atom is 0.220 e. The van der Waals surface area contributed by atoms with Gasteiger partial charge in [-0.15, -0.1) is 0 Å². The van der Waals surface area contributed by atoms with Gasteiger partial charge in [0, 0.05) is 6.42 Å². The van der Waals surface area contributed by atoms with Crippen LogP contribution in [0.5, 0.6) is 0 Å². The summed E-state index contributed by atoms with van der Waals surface area (Å²) >= 11 is 0. The number of rotatable bonds is 58. The van der Waals surface area contributed by atoms with E-state index in [1.165, 1.54) is 289 Å². The molecule has 0 aromatic rings. The van der Waals surface area contributed by atoms with Crippen molar-refractivity contribution in [2.24, 2.45) is 0 Å². The van der Waals surface area contributed by atoms with E-state index in [1.54, 1.807) is 0 Å². The Labute approximate surface area is 420 Å². The van der Waals surface area contributed by atoms with Crippen molar-refractivity contribution >= 4 is 5.91 Å². The van der Waals surface area contributed by atoms with Gasteiger partial charge in [-0.2, -0.15) is 0 Å². The number of aliphatic hydroxyl groups excluding tert-OH is 3. The molecule has 3 unspecified atom stereocenters. The monoisotopic (exact) mass is 946 g/mol. The first-order valence-corrected chi connectivity index (χ1v) is 31.0. The minimum atomic E-state index is -1.16. The minimum absolute atomic E-state index is 0.147. The third kappa shape index (κ3) is 52.7. The van der Waals surface area contributed by atoms with Crippen LogP contribution in [0, 0.1) is 0 Å². The van der Waals surface area contributed by atoms with Crippen LogP contribution in [0.25, 0.3) is 0 Å². The second-order valence-electron chi connectivity index (χ2n) is 21.6. The van der Waals surface area contributed by atoms with Crippen molar-refractivity contribution in [3.63, 3.8) is 0 Å². The van der Waals surface area contributed by atoms with Crippen LogP contribution in [0.2, 0.25) is 0 Å². The Morgan fingerprint density at radius 3 is 0.866 bits per heavy atom. The van der Waals surface area contributed by atoms with Crippen molar-refractivity contribution in [1.29, 1.82) is 0 Å². The summed E-state index contributed by atoms with van der Waals surface area (Å²) in [5.74, 6) is -0.147. The fourth-order valence-corrected chi connectivity index (χ4v) is 10.1. The summed E-state index contributed by atoms with van der Waals surface area (Å²) in [6.45, 7) is 4.20. The zero-order chi connectivity index (χ0) is 48.6. The molecule has 0 aliphatic heterocycles. The first kappa shape index (κ1) is 66.1. The topological polar surface area (TPSA) is 89.8 Å². The molecule has 0 fully saturated rings. The van der Waals surface area contributed by atoms with E-state index < -0.39 is 18.2 Å². The molecule has 0 heterocycles. The smallest absolute Gasteiger partial charge is 0.220 e. The predicted octanol–water partition coefficient (Wildman–Crippen LogP) is 19.5. The van der Waals surface area contributed by atoms with E-state index in [-0.39, 0.29) is 12.5 Å². The SMILES string of the molecule is CCCCCCCCCCC/C=C/CCCC(O)C(O)C(CO)NC(=O)CCCCCCCCCCCCCCCCCCCCCCCCCCCCCCCCCCCCCCCCC. The van der Waals surface area contributed by atoms with Crippen molar-refractivity contribution in [2.75, 3.05) is 6.61 Å². The summed E-state index contributed by atoms with van der Waals surface area (Å²) in [5, 5.41) is 33.7. The Morgan fingerprint density at radius 1 is 0.358 bits per heavy atom. The zero-order valence-corrected chi connectivity index (χ0v) is 45.8. The van der Waals surface area contributed by atoms with E-state index in [0.717, 1.165) is 38.5 Å². The Bertz CT molecular complexity index is 956. The molecule has 5 nitrogen and oxygen atoms in total. The number of unbranched alkanes of at least 4 members (excludes halogenated alkanes) is 48. The number of hydrogen-bond donors (Lipinski definition) is 4. The van der Waals surface area contributed by atoms with Gasteiger partial charge in [0.1, 0.15) is 6.10 Å². The Balaban J connectivity index is 3.39. The van der Waals surface area contributed by atoms with Gasteiger partial charge in [0.15, 0.2) is 0 Å². The number of allylic oxidation sites excluding steroid dienone is 2. The Morgan fingerprint density at radius 2 is 0.597 bits per heavy atom. The molecule has 0 aromatic carbocycles. The molecule has 4 N–H and O–H groups in total. The number of carbonyl (C=O) groups excluding carboxylic acids is 1. The third-order valence-electron chi connectivity index (χ3n) is 14.9. The molecule has 0 radical (unpaired) electrons. The van der Waals surface area contributed by atoms with Crippen LogP contribution in [0.3, 0.4) is 0 Å². The molecule has 0 aliphatic rings. The van der Waals surface area contributed by atoms with E-state index in [1.807, 2.05) is 0 Å². The van der Waals surface area contributed by atoms with Gasteiger partial charge in [0.05, 0.1) is 18.8 Å². The van der Waals surface area contributed by atoms with Crippen LogP contribution in [-0.4, -0.2) is 46.1 Å². The minimum Gasteiger partial charge on any atom is -0.394 e. The van der Waals surface area contributed by atoms with E-state index in [9.17, 15) is 20.1 Å². The van der Waals surface area contributed by atoms with E-state index in [2.05, 4.69) is 31.3 Å². The van der Waals surface area contributed by atoms with Gasteiger partial charge in [-0.05, 0) is 38.5 Å². The first-order valence-electron chi connectivity index (χ1n) is 31.0. The molecule has 0 spiro atoms. The molecular weight excluding hydrogens is 823 g/mol. The van der Waals surface area contributed by atoms with Gasteiger partial charge < -0.3 is 20.6 Å². The molecule has 0 aromatic heterocycles. The number of carbonyl (C=O) groups is 1. The average Bonchev–Trinajstić information content (AvgIpc) is 3.33. The van der Waals surface area contributed by atoms with Crippen LogP contribution in [-0.2, 0) is 4.79 Å². The molecule has 0 bridgehead atoms. The van der Waals surface area contributed by atoms with Gasteiger partial charge in [-0.1, -0.05) is 321 Å². The quantitative estimate of drug-likeness (QED) is 0.0361. The lowest BCUT2D eigenvalue weighted by Crippen LogP contribution is -2.50. The number of nitrogens with one attached hydrogen (secondary N) is 1. The molecule has 0 aliphatic carbocycles. The van der Waals surface area contributed by atoms with Crippen LogP contribution in [0.4, 0.5) is 0 Å². The molecule has 3 atom stereocenters. The van der Waals surface area contributed by atoms with Crippen molar-refractivity contribution in [3.05, 3.63) is 12.2 Å². The molecule has 67 heavy (non-hydrogen) atoms. The van der Waals surface area contributed by atoms with Crippen LogP contribution < -0.4 is 5.32 Å². The molecule has 5 heteroatoms.